The third-order valence-corrected chi connectivity index (χ3v) is 5.93. The van der Waals surface area contributed by atoms with Gasteiger partial charge in [-0.1, -0.05) is 12.8 Å². The zero-order valence-corrected chi connectivity index (χ0v) is 13.2. The van der Waals surface area contributed by atoms with E-state index in [1.807, 2.05) is 6.20 Å². The number of hydrogen-bond donors (Lipinski definition) is 2. The van der Waals surface area contributed by atoms with Gasteiger partial charge in [0.1, 0.15) is 0 Å². The fourth-order valence-electron chi connectivity index (χ4n) is 4.57. The molecule has 0 radical (unpaired) electrons. The van der Waals surface area contributed by atoms with Crippen LogP contribution in [-0.2, 0) is 24.2 Å². The van der Waals surface area contributed by atoms with Crippen LogP contribution in [0.2, 0.25) is 0 Å². The van der Waals surface area contributed by atoms with Gasteiger partial charge in [-0.2, -0.15) is 0 Å². The van der Waals surface area contributed by atoms with Gasteiger partial charge >= 0.3 is 0 Å². The van der Waals surface area contributed by atoms with Gasteiger partial charge in [0.05, 0.1) is 18.3 Å². The fourth-order valence-corrected chi connectivity index (χ4v) is 4.57. The summed E-state index contributed by atoms with van der Waals surface area (Å²) in [6.07, 6.45) is 11.6. The molecule has 4 heteroatoms. The van der Waals surface area contributed by atoms with E-state index in [1.54, 1.807) is 0 Å². The van der Waals surface area contributed by atoms with E-state index in [-0.39, 0.29) is 17.4 Å². The zero-order valence-electron chi connectivity index (χ0n) is 13.2. The van der Waals surface area contributed by atoms with Crippen molar-refractivity contribution < 1.29 is 4.79 Å². The summed E-state index contributed by atoms with van der Waals surface area (Å²) < 4.78 is 0. The third kappa shape index (κ3) is 2.34. The van der Waals surface area contributed by atoms with E-state index in [0.717, 1.165) is 25.1 Å². The van der Waals surface area contributed by atoms with Crippen LogP contribution < -0.4 is 10.6 Å². The topological polar surface area (TPSA) is 54.0 Å². The fraction of sp³-hybridized carbons (Fsp3) is 0.667. The Hall–Kier alpha value is -1.42. The molecule has 1 atom stereocenters. The maximum absolute atomic E-state index is 12.5. The largest absolute Gasteiger partial charge is 0.349 e. The van der Waals surface area contributed by atoms with Crippen molar-refractivity contribution in [1.29, 1.82) is 0 Å². The van der Waals surface area contributed by atoms with Gasteiger partial charge in [0, 0.05) is 18.2 Å². The van der Waals surface area contributed by atoms with Crippen molar-refractivity contribution in [3.63, 3.8) is 0 Å². The van der Waals surface area contributed by atoms with Crippen LogP contribution in [0.3, 0.4) is 0 Å². The van der Waals surface area contributed by atoms with E-state index in [4.69, 9.17) is 0 Å². The summed E-state index contributed by atoms with van der Waals surface area (Å²) in [4.78, 5) is 17.0. The molecule has 2 fully saturated rings. The minimum absolute atomic E-state index is 0.0227. The van der Waals surface area contributed by atoms with Crippen molar-refractivity contribution in [2.75, 3.05) is 6.54 Å². The minimum Gasteiger partial charge on any atom is -0.349 e. The molecule has 1 aromatic heterocycles. The maximum Gasteiger partial charge on any atom is 0.238 e. The van der Waals surface area contributed by atoms with Crippen LogP contribution in [0.15, 0.2) is 12.3 Å². The van der Waals surface area contributed by atoms with Crippen LogP contribution in [0, 0.1) is 5.41 Å². The van der Waals surface area contributed by atoms with Crippen LogP contribution in [0.25, 0.3) is 0 Å². The van der Waals surface area contributed by atoms with Crippen molar-refractivity contribution in [3.05, 3.63) is 29.1 Å². The molecule has 4 rings (SSSR count). The second-order valence-corrected chi connectivity index (χ2v) is 7.20. The smallest absolute Gasteiger partial charge is 0.238 e. The number of aryl methyl sites for hydroxylation is 1. The average molecular weight is 299 g/mol. The lowest BCUT2D eigenvalue weighted by Gasteiger charge is -2.47. The SMILES string of the molecule is O=C(NCc1nccc2c1CCCC2)C1NCC12CCCC2. The molecule has 1 saturated heterocycles. The van der Waals surface area contributed by atoms with Gasteiger partial charge in [-0.05, 0) is 55.7 Å². The number of pyridine rings is 1. The van der Waals surface area contributed by atoms with E-state index >= 15 is 0 Å². The zero-order chi connectivity index (χ0) is 15.0. The van der Waals surface area contributed by atoms with Gasteiger partial charge in [0.2, 0.25) is 5.91 Å². The highest BCUT2D eigenvalue weighted by Crippen LogP contribution is 2.45. The lowest BCUT2D eigenvalue weighted by molar-refractivity contribution is -0.130. The summed E-state index contributed by atoms with van der Waals surface area (Å²) in [6, 6.07) is 2.16. The summed E-state index contributed by atoms with van der Waals surface area (Å²) in [5, 5.41) is 6.48. The summed E-state index contributed by atoms with van der Waals surface area (Å²) in [6.45, 7) is 1.60. The molecule has 2 aliphatic carbocycles. The Balaban J connectivity index is 1.42. The standard InChI is InChI=1S/C18H25N3O/c22-17(16-18(12-21-16)8-3-4-9-18)20-11-15-14-6-2-1-5-13(14)7-10-19-15/h7,10,16,21H,1-6,8-9,11-12H2,(H,20,22). The van der Waals surface area contributed by atoms with E-state index in [9.17, 15) is 4.79 Å². The van der Waals surface area contributed by atoms with Gasteiger partial charge in [-0.15, -0.1) is 0 Å². The molecule has 0 aromatic carbocycles. The van der Waals surface area contributed by atoms with E-state index in [1.165, 1.54) is 49.7 Å². The molecule has 1 saturated carbocycles. The van der Waals surface area contributed by atoms with Crippen LogP contribution in [0.1, 0.15) is 55.3 Å². The molecule has 2 N–H and O–H groups in total. The molecule has 4 nitrogen and oxygen atoms in total. The number of carbonyl (C=O) groups is 1. The summed E-state index contributed by atoms with van der Waals surface area (Å²) in [5.74, 6) is 0.170. The van der Waals surface area contributed by atoms with E-state index in [0.29, 0.717) is 6.54 Å². The second kappa shape index (κ2) is 5.65. The number of fused-ring (bicyclic) bond motifs is 1. The summed E-state index contributed by atoms with van der Waals surface area (Å²) in [5.41, 5.74) is 4.14. The molecule has 1 aliphatic heterocycles. The highest BCUT2D eigenvalue weighted by atomic mass is 16.2. The van der Waals surface area contributed by atoms with E-state index in [2.05, 4.69) is 21.7 Å². The third-order valence-electron chi connectivity index (χ3n) is 5.93. The first kappa shape index (κ1) is 14.2. The van der Waals surface area contributed by atoms with Crippen molar-refractivity contribution in [3.8, 4) is 0 Å². The first-order chi connectivity index (χ1) is 10.8. The summed E-state index contributed by atoms with van der Waals surface area (Å²) >= 11 is 0. The second-order valence-electron chi connectivity index (χ2n) is 7.20. The molecular formula is C18H25N3O. The molecular weight excluding hydrogens is 274 g/mol. The molecule has 1 unspecified atom stereocenters. The van der Waals surface area contributed by atoms with Crippen LogP contribution in [0.5, 0.6) is 0 Å². The van der Waals surface area contributed by atoms with Crippen molar-refractivity contribution >= 4 is 5.91 Å². The minimum atomic E-state index is 0.0227. The molecule has 2 heterocycles. The monoisotopic (exact) mass is 299 g/mol. The molecule has 0 bridgehead atoms. The first-order valence-corrected chi connectivity index (χ1v) is 8.75. The Kier molecular flexibility index (Phi) is 3.65. The maximum atomic E-state index is 12.5. The van der Waals surface area contributed by atoms with Crippen LogP contribution in [-0.4, -0.2) is 23.5 Å². The quantitative estimate of drug-likeness (QED) is 0.899. The molecule has 1 aromatic rings. The molecule has 1 amide bonds. The van der Waals surface area contributed by atoms with Gasteiger partial charge in [-0.3, -0.25) is 9.78 Å². The Morgan fingerprint density at radius 2 is 2.09 bits per heavy atom. The Morgan fingerprint density at radius 3 is 2.86 bits per heavy atom. The molecule has 3 aliphatic rings. The van der Waals surface area contributed by atoms with Crippen molar-refractivity contribution in [1.82, 2.24) is 15.6 Å². The molecule has 22 heavy (non-hydrogen) atoms. The van der Waals surface area contributed by atoms with Gasteiger partial charge in [-0.25, -0.2) is 0 Å². The Bertz CT molecular complexity index is 578. The van der Waals surface area contributed by atoms with Crippen LogP contribution >= 0.6 is 0 Å². The number of carbonyl (C=O) groups excluding carboxylic acids is 1. The van der Waals surface area contributed by atoms with Crippen molar-refractivity contribution in [2.24, 2.45) is 5.41 Å². The Labute approximate surface area is 132 Å². The summed E-state index contributed by atoms with van der Waals surface area (Å²) in [7, 11) is 0. The first-order valence-electron chi connectivity index (χ1n) is 8.75. The van der Waals surface area contributed by atoms with E-state index < -0.39 is 0 Å². The highest BCUT2D eigenvalue weighted by molar-refractivity contribution is 5.84. The van der Waals surface area contributed by atoms with Gasteiger partial charge < -0.3 is 10.6 Å². The number of nitrogens with zero attached hydrogens (tertiary/aromatic N) is 1. The van der Waals surface area contributed by atoms with Crippen molar-refractivity contribution in [2.45, 2.75) is 64.0 Å². The number of hydrogen-bond acceptors (Lipinski definition) is 3. The predicted octanol–water partition coefficient (Wildman–Crippen LogP) is 2.11. The van der Waals surface area contributed by atoms with Crippen LogP contribution in [0.4, 0.5) is 0 Å². The number of amides is 1. The van der Waals surface area contributed by atoms with Gasteiger partial charge in [0.15, 0.2) is 0 Å². The predicted molar refractivity (Wildman–Crippen MR) is 85.4 cm³/mol. The van der Waals surface area contributed by atoms with Gasteiger partial charge in [0.25, 0.3) is 0 Å². The lowest BCUT2D eigenvalue weighted by Crippen LogP contribution is -2.67. The highest BCUT2D eigenvalue weighted by Gasteiger charge is 2.51. The number of nitrogens with one attached hydrogen (secondary N) is 2. The molecule has 118 valence electrons. The Morgan fingerprint density at radius 1 is 1.27 bits per heavy atom. The molecule has 1 spiro atoms. The number of aromatic nitrogens is 1. The number of rotatable bonds is 3. The normalized spacial score (nSPS) is 25.5. The lowest BCUT2D eigenvalue weighted by atomic mass is 9.71. The average Bonchev–Trinajstić information content (AvgIpc) is 3.04.